The molecule has 7 nitrogen and oxygen atoms in total. The highest BCUT2D eigenvalue weighted by Crippen LogP contribution is 2.28. The zero-order valence-electron chi connectivity index (χ0n) is 14.5. The van der Waals surface area contributed by atoms with Gasteiger partial charge >= 0.3 is 0 Å². The standard InChI is InChI=1S/C20H22O7/c21-11-18-20(25)17(24)10-19(27-18)26-16-8-13(7-15(23)9-16)2-1-12-3-5-14(22)6-4-12/h1-9,17-25H,10-11H2/b2-1+/t17-,18-,19-,20+/m1/s1. The van der Waals surface area contributed by atoms with E-state index in [1.807, 2.05) is 6.08 Å². The number of ether oxygens (including phenoxy) is 2. The SMILES string of the molecule is OC[C@H]1O[C@@H](Oc2cc(O)cc(/C=C/c3ccc(O)cc3)c2)C[C@@H](O)[C@@H]1O. The molecule has 0 unspecified atom stereocenters. The Kier molecular flexibility index (Phi) is 5.98. The zero-order chi connectivity index (χ0) is 19.4. The third-order valence-electron chi connectivity index (χ3n) is 4.26. The molecule has 1 saturated heterocycles. The van der Waals surface area contributed by atoms with Crippen LogP contribution in [0.4, 0.5) is 0 Å². The summed E-state index contributed by atoms with van der Waals surface area (Å²) in [6.07, 6.45) is -0.435. The van der Waals surface area contributed by atoms with Gasteiger partial charge in [-0.3, -0.25) is 0 Å². The number of hydrogen-bond acceptors (Lipinski definition) is 7. The molecule has 0 radical (unpaired) electrons. The summed E-state index contributed by atoms with van der Waals surface area (Å²) in [5.74, 6) is 0.500. The Balaban J connectivity index is 1.72. The minimum absolute atomic E-state index is 0.00652. The summed E-state index contributed by atoms with van der Waals surface area (Å²) in [6, 6.07) is 11.3. The molecule has 0 bridgehead atoms. The van der Waals surface area contributed by atoms with Crippen molar-refractivity contribution in [2.75, 3.05) is 6.61 Å². The highest BCUT2D eigenvalue weighted by Gasteiger charge is 2.37. The van der Waals surface area contributed by atoms with E-state index in [2.05, 4.69) is 0 Å². The molecule has 4 atom stereocenters. The van der Waals surface area contributed by atoms with Gasteiger partial charge in [0.05, 0.1) is 12.7 Å². The first kappa shape index (κ1) is 19.2. The van der Waals surface area contributed by atoms with Gasteiger partial charge in [0.25, 0.3) is 0 Å². The first-order valence-electron chi connectivity index (χ1n) is 8.55. The van der Waals surface area contributed by atoms with Gasteiger partial charge in [-0.05, 0) is 35.4 Å². The number of aromatic hydroxyl groups is 2. The molecule has 7 heteroatoms. The van der Waals surface area contributed by atoms with Crippen molar-refractivity contribution in [3.63, 3.8) is 0 Å². The predicted molar refractivity (Wildman–Crippen MR) is 98.1 cm³/mol. The number of phenols is 2. The van der Waals surface area contributed by atoms with E-state index in [0.29, 0.717) is 11.3 Å². The Hall–Kier alpha value is -2.58. The molecule has 0 amide bonds. The van der Waals surface area contributed by atoms with E-state index in [0.717, 1.165) is 5.56 Å². The molecule has 1 aliphatic heterocycles. The summed E-state index contributed by atoms with van der Waals surface area (Å²) in [5.41, 5.74) is 1.55. The van der Waals surface area contributed by atoms with Crippen molar-refractivity contribution in [2.24, 2.45) is 0 Å². The van der Waals surface area contributed by atoms with E-state index in [1.165, 1.54) is 6.07 Å². The van der Waals surface area contributed by atoms with Gasteiger partial charge < -0.3 is 35.0 Å². The highest BCUT2D eigenvalue weighted by molar-refractivity contribution is 5.71. The number of rotatable bonds is 5. The van der Waals surface area contributed by atoms with Crippen LogP contribution in [-0.2, 0) is 4.74 Å². The average Bonchev–Trinajstić information content (AvgIpc) is 2.63. The molecule has 3 rings (SSSR count). The minimum Gasteiger partial charge on any atom is -0.508 e. The number of aliphatic hydroxyl groups excluding tert-OH is 3. The van der Waals surface area contributed by atoms with Gasteiger partial charge in [-0.1, -0.05) is 24.3 Å². The first-order valence-corrected chi connectivity index (χ1v) is 8.55. The fraction of sp³-hybridized carbons (Fsp3) is 0.300. The predicted octanol–water partition coefficient (Wildman–Crippen LogP) is 1.48. The fourth-order valence-electron chi connectivity index (χ4n) is 2.84. The molecule has 0 aliphatic carbocycles. The van der Waals surface area contributed by atoms with E-state index in [4.69, 9.17) is 9.47 Å². The maximum absolute atomic E-state index is 9.93. The van der Waals surface area contributed by atoms with Crippen LogP contribution in [0.2, 0.25) is 0 Å². The summed E-state index contributed by atoms with van der Waals surface area (Å²) in [6.45, 7) is -0.446. The Morgan fingerprint density at radius 1 is 0.963 bits per heavy atom. The maximum atomic E-state index is 9.93. The third kappa shape index (κ3) is 4.99. The van der Waals surface area contributed by atoms with Gasteiger partial charge in [-0.2, -0.15) is 0 Å². The molecule has 2 aromatic carbocycles. The first-order chi connectivity index (χ1) is 12.9. The molecule has 0 aromatic heterocycles. The Bertz CT molecular complexity index is 787. The molecule has 1 aliphatic rings. The van der Waals surface area contributed by atoms with Gasteiger partial charge in [-0.15, -0.1) is 0 Å². The quantitative estimate of drug-likeness (QED) is 0.503. The Morgan fingerprint density at radius 2 is 1.67 bits per heavy atom. The van der Waals surface area contributed by atoms with Gasteiger partial charge in [0.1, 0.15) is 29.5 Å². The molecule has 0 spiro atoms. The number of benzene rings is 2. The molecule has 0 saturated carbocycles. The van der Waals surface area contributed by atoms with E-state index in [1.54, 1.807) is 42.5 Å². The topological polar surface area (TPSA) is 120 Å². The van der Waals surface area contributed by atoms with Crippen molar-refractivity contribution in [2.45, 2.75) is 31.0 Å². The van der Waals surface area contributed by atoms with Gasteiger partial charge in [0, 0.05) is 12.5 Å². The maximum Gasteiger partial charge on any atom is 0.202 e. The van der Waals surface area contributed by atoms with Gasteiger partial charge in [0.15, 0.2) is 0 Å². The molecule has 144 valence electrons. The van der Waals surface area contributed by atoms with E-state index < -0.39 is 31.2 Å². The van der Waals surface area contributed by atoms with Crippen molar-refractivity contribution in [3.8, 4) is 17.2 Å². The summed E-state index contributed by atoms with van der Waals surface area (Å²) >= 11 is 0. The smallest absolute Gasteiger partial charge is 0.202 e. The van der Waals surface area contributed by atoms with Crippen LogP contribution in [0.1, 0.15) is 17.5 Å². The molecule has 1 fully saturated rings. The van der Waals surface area contributed by atoms with E-state index >= 15 is 0 Å². The molecule has 2 aromatic rings. The Labute approximate surface area is 156 Å². The normalized spacial score (nSPS) is 25.6. The average molecular weight is 374 g/mol. The largest absolute Gasteiger partial charge is 0.508 e. The van der Waals surface area contributed by atoms with E-state index in [9.17, 15) is 25.5 Å². The lowest BCUT2D eigenvalue weighted by atomic mass is 10.0. The fourth-order valence-corrected chi connectivity index (χ4v) is 2.84. The van der Waals surface area contributed by atoms with E-state index in [-0.39, 0.29) is 17.9 Å². The summed E-state index contributed by atoms with van der Waals surface area (Å²) < 4.78 is 11.1. The molecule has 5 N–H and O–H groups in total. The number of hydrogen-bond donors (Lipinski definition) is 5. The summed E-state index contributed by atoms with van der Waals surface area (Å²) in [5, 5.41) is 48.1. The van der Waals surface area contributed by atoms with Crippen molar-refractivity contribution >= 4 is 12.2 Å². The van der Waals surface area contributed by atoms with Crippen LogP contribution < -0.4 is 4.74 Å². The highest BCUT2D eigenvalue weighted by atomic mass is 16.7. The second-order valence-corrected chi connectivity index (χ2v) is 6.38. The van der Waals surface area contributed by atoms with Crippen LogP contribution in [0.3, 0.4) is 0 Å². The minimum atomic E-state index is -1.18. The van der Waals surface area contributed by atoms with Crippen molar-refractivity contribution in [3.05, 3.63) is 53.6 Å². The summed E-state index contributed by atoms with van der Waals surface area (Å²) in [4.78, 5) is 0. The van der Waals surface area contributed by atoms with Crippen LogP contribution >= 0.6 is 0 Å². The van der Waals surface area contributed by atoms with Gasteiger partial charge in [-0.25, -0.2) is 0 Å². The lowest BCUT2D eigenvalue weighted by Crippen LogP contribution is -2.51. The number of phenolic OH excluding ortho intramolecular Hbond substituents is 2. The molecular weight excluding hydrogens is 352 g/mol. The molecule has 27 heavy (non-hydrogen) atoms. The molecule has 1 heterocycles. The zero-order valence-corrected chi connectivity index (χ0v) is 14.5. The van der Waals surface area contributed by atoms with Crippen LogP contribution in [0.5, 0.6) is 17.2 Å². The Morgan fingerprint density at radius 3 is 2.37 bits per heavy atom. The molecular formula is C20H22O7. The van der Waals surface area contributed by atoms with Crippen LogP contribution in [0, 0.1) is 0 Å². The monoisotopic (exact) mass is 374 g/mol. The van der Waals surface area contributed by atoms with Crippen LogP contribution in [0.25, 0.3) is 12.2 Å². The van der Waals surface area contributed by atoms with Crippen molar-refractivity contribution in [1.29, 1.82) is 0 Å². The summed E-state index contributed by atoms with van der Waals surface area (Å²) in [7, 11) is 0. The van der Waals surface area contributed by atoms with Crippen LogP contribution in [0.15, 0.2) is 42.5 Å². The van der Waals surface area contributed by atoms with Crippen molar-refractivity contribution < 1.29 is 35.0 Å². The second kappa shape index (κ2) is 8.41. The van der Waals surface area contributed by atoms with Crippen LogP contribution in [-0.4, -0.2) is 56.7 Å². The van der Waals surface area contributed by atoms with Gasteiger partial charge in [0.2, 0.25) is 6.29 Å². The number of aliphatic hydroxyl groups is 3. The second-order valence-electron chi connectivity index (χ2n) is 6.38. The third-order valence-corrected chi connectivity index (χ3v) is 4.26. The van der Waals surface area contributed by atoms with Crippen molar-refractivity contribution in [1.82, 2.24) is 0 Å². The lowest BCUT2D eigenvalue weighted by Gasteiger charge is -2.36. The lowest BCUT2D eigenvalue weighted by molar-refractivity contribution is -0.229.